The summed E-state index contributed by atoms with van der Waals surface area (Å²) in [5.41, 5.74) is 1.16. The Morgan fingerprint density at radius 2 is 1.63 bits per heavy atom. The van der Waals surface area contributed by atoms with Crippen molar-refractivity contribution < 1.29 is 19.0 Å². The van der Waals surface area contributed by atoms with Crippen LogP contribution in [0, 0.1) is 58.2 Å². The van der Waals surface area contributed by atoms with Crippen LogP contribution in [0.25, 0.3) is 0 Å². The van der Waals surface area contributed by atoms with Crippen LogP contribution >= 0.6 is 0 Å². The van der Waals surface area contributed by atoms with Gasteiger partial charge in [0.05, 0.1) is 6.10 Å². The monoisotopic (exact) mass is 539 g/mol. The molecule has 5 unspecified atom stereocenters. The normalized spacial score (nSPS) is 45.1. The molecule has 0 aromatic carbocycles. The molecule has 5 fully saturated rings. The first-order valence-electron chi connectivity index (χ1n) is 16.3. The first kappa shape index (κ1) is 33.5. The van der Waals surface area contributed by atoms with Crippen molar-refractivity contribution in [2.45, 2.75) is 139 Å². The van der Waals surface area contributed by atoms with E-state index in [1.165, 1.54) is 57.8 Å². The van der Waals surface area contributed by atoms with Crippen LogP contribution in [0.2, 0.25) is 0 Å². The Morgan fingerprint density at radius 1 is 1.00 bits per heavy atom. The largest absolute Gasteiger partial charge is 0.360 e. The third kappa shape index (κ3) is 6.45. The summed E-state index contributed by atoms with van der Waals surface area (Å²) in [6.07, 6.45) is 13.9. The number of carbonyl (C=O) groups excluding carboxylic acids is 1. The molecule has 12 atom stereocenters. The molecular formula is C33H62FNO3. The van der Waals surface area contributed by atoms with Crippen LogP contribution in [0.4, 0.5) is 4.53 Å². The third-order valence-corrected chi connectivity index (χ3v) is 11.8. The fourth-order valence-electron chi connectivity index (χ4n) is 9.78. The van der Waals surface area contributed by atoms with Crippen LogP contribution in [0.3, 0.4) is 0 Å². The summed E-state index contributed by atoms with van der Waals surface area (Å²) in [6.45, 7) is 23.9. The van der Waals surface area contributed by atoms with Crippen molar-refractivity contribution in [3.8, 4) is 0 Å². The Balaban J connectivity index is 0.000000571. The molecule has 38 heavy (non-hydrogen) atoms. The molecule has 0 aromatic rings. The molecule has 224 valence electrons. The van der Waals surface area contributed by atoms with Gasteiger partial charge >= 0.3 is 6.47 Å². The Hall–Kier alpha value is -0.680. The number of hydrogen-bond acceptors (Lipinski definition) is 4. The summed E-state index contributed by atoms with van der Waals surface area (Å²) in [5.74, 6) is 7.05. The van der Waals surface area contributed by atoms with E-state index in [-0.39, 0.29) is 12.7 Å². The van der Waals surface area contributed by atoms with Gasteiger partial charge in [-0.25, -0.2) is 0 Å². The van der Waals surface area contributed by atoms with E-state index >= 15 is 0 Å². The summed E-state index contributed by atoms with van der Waals surface area (Å²) in [4.78, 5) is 10.9. The standard InChI is InChI=1S/C28H49NO.2C2H6.CHFO2/c1-7-17(2)16-29-26-19(4)25-24(30-26)15-23-21-9-8-20-14-18(3)10-12-27(20,5)22(21)11-13-28(23,25)6;2*1-2;2-4-1-3/h17-26,29H,7-16H2,1-6H3;2*1-2H3;1H/t17-,18?,19-,20?,21+,22?,23?,24-,25?,26-,27-,28-;;;/m0.../s1. The molecule has 1 aliphatic heterocycles. The lowest BCUT2D eigenvalue weighted by Crippen LogP contribution is -2.54. The Bertz CT molecular complexity index is 706. The lowest BCUT2D eigenvalue weighted by Gasteiger charge is -2.61. The topological polar surface area (TPSA) is 47.6 Å². The van der Waals surface area contributed by atoms with E-state index in [0.29, 0.717) is 22.9 Å². The van der Waals surface area contributed by atoms with E-state index in [0.717, 1.165) is 48.0 Å². The molecule has 4 aliphatic carbocycles. The molecule has 4 nitrogen and oxygen atoms in total. The minimum absolute atomic E-state index is 0.289. The molecule has 1 heterocycles. The highest BCUT2D eigenvalue weighted by Crippen LogP contribution is 2.70. The van der Waals surface area contributed by atoms with E-state index in [9.17, 15) is 4.53 Å². The van der Waals surface area contributed by atoms with Crippen molar-refractivity contribution in [1.82, 2.24) is 5.32 Å². The van der Waals surface area contributed by atoms with E-state index in [1.807, 2.05) is 27.7 Å². The average molecular weight is 540 g/mol. The second-order valence-corrected chi connectivity index (χ2v) is 13.4. The number of ether oxygens (including phenoxy) is 1. The second-order valence-electron chi connectivity index (χ2n) is 13.4. The van der Waals surface area contributed by atoms with Crippen LogP contribution in [-0.2, 0) is 14.5 Å². The number of rotatable bonds is 5. The zero-order chi connectivity index (χ0) is 28.7. The van der Waals surface area contributed by atoms with Crippen molar-refractivity contribution >= 4 is 6.47 Å². The molecule has 0 radical (unpaired) electrons. The van der Waals surface area contributed by atoms with Gasteiger partial charge in [-0.3, -0.25) is 15.1 Å². The van der Waals surface area contributed by atoms with Crippen molar-refractivity contribution in [2.24, 2.45) is 58.2 Å². The van der Waals surface area contributed by atoms with Crippen LogP contribution in [0.5, 0.6) is 0 Å². The Morgan fingerprint density at radius 3 is 2.24 bits per heavy atom. The van der Waals surface area contributed by atoms with Gasteiger partial charge in [-0.05, 0) is 97.2 Å². The maximum atomic E-state index is 9.85. The Kier molecular flexibility index (Phi) is 13.1. The zero-order valence-corrected chi connectivity index (χ0v) is 26.5. The van der Waals surface area contributed by atoms with Gasteiger partial charge in [0.15, 0.2) is 0 Å². The van der Waals surface area contributed by atoms with Gasteiger partial charge in [0, 0.05) is 17.0 Å². The second kappa shape index (κ2) is 14.8. The predicted molar refractivity (Wildman–Crippen MR) is 156 cm³/mol. The molecule has 0 aromatic heterocycles. The first-order chi connectivity index (χ1) is 18.2. The fourth-order valence-corrected chi connectivity index (χ4v) is 9.78. The smallest absolute Gasteiger partial charge is 0.337 e. The van der Waals surface area contributed by atoms with E-state index < -0.39 is 0 Å². The molecule has 1 N–H and O–H groups in total. The summed E-state index contributed by atoms with van der Waals surface area (Å²) >= 11 is 0. The van der Waals surface area contributed by atoms with Gasteiger partial charge in [-0.15, -0.1) is 0 Å². The molecule has 0 amide bonds. The predicted octanol–water partition coefficient (Wildman–Crippen LogP) is 8.98. The van der Waals surface area contributed by atoms with E-state index in [4.69, 9.17) is 9.53 Å². The molecular weight excluding hydrogens is 477 g/mol. The van der Waals surface area contributed by atoms with E-state index in [2.05, 4.69) is 51.8 Å². The van der Waals surface area contributed by atoms with Crippen molar-refractivity contribution in [1.29, 1.82) is 0 Å². The molecule has 1 saturated heterocycles. The Labute approximate surface area is 234 Å². The van der Waals surface area contributed by atoms with Crippen LogP contribution in [-0.4, -0.2) is 25.3 Å². The SMILES string of the molecule is CC.CC.CC[C@H](C)CN[C@H]1O[C@H]2CC3[C@@H]4CCC5CC(C)CC[C@]5(C)C4CC[C@]3(C)C2[C@@H]1C.O=COF. The van der Waals surface area contributed by atoms with Crippen molar-refractivity contribution in [3.63, 3.8) is 0 Å². The zero-order valence-electron chi connectivity index (χ0n) is 26.5. The summed E-state index contributed by atoms with van der Waals surface area (Å²) in [6, 6.07) is 0. The van der Waals surface area contributed by atoms with Crippen molar-refractivity contribution in [2.75, 3.05) is 6.54 Å². The number of fused-ring (bicyclic) bond motifs is 7. The first-order valence-corrected chi connectivity index (χ1v) is 16.3. The highest BCUT2D eigenvalue weighted by atomic mass is 19.3. The van der Waals surface area contributed by atoms with Crippen LogP contribution in [0.1, 0.15) is 127 Å². The van der Waals surface area contributed by atoms with Gasteiger partial charge in [-0.1, -0.05) is 82.1 Å². The van der Waals surface area contributed by atoms with Gasteiger partial charge in [0.2, 0.25) is 0 Å². The highest BCUT2D eigenvalue weighted by Gasteiger charge is 2.65. The molecule has 5 heteroatoms. The molecule has 0 spiro atoms. The average Bonchev–Trinajstić information content (AvgIpc) is 3.42. The third-order valence-electron chi connectivity index (χ3n) is 11.8. The van der Waals surface area contributed by atoms with Gasteiger partial charge in [0.1, 0.15) is 6.23 Å². The molecule has 0 bridgehead atoms. The lowest BCUT2D eigenvalue weighted by molar-refractivity contribution is -0.165. The van der Waals surface area contributed by atoms with Crippen LogP contribution < -0.4 is 5.32 Å². The van der Waals surface area contributed by atoms with Gasteiger partial charge in [0.25, 0.3) is 0 Å². The van der Waals surface area contributed by atoms with Gasteiger partial charge in [-0.2, -0.15) is 0 Å². The minimum atomic E-state index is -0.292. The number of halogens is 1. The van der Waals surface area contributed by atoms with Crippen molar-refractivity contribution in [3.05, 3.63) is 0 Å². The quantitative estimate of drug-likeness (QED) is 0.354. The lowest BCUT2D eigenvalue weighted by atomic mass is 9.44. The summed E-state index contributed by atoms with van der Waals surface area (Å²) in [5, 5.41) is 3.80. The number of nitrogens with one attached hydrogen (secondary N) is 1. The van der Waals surface area contributed by atoms with Crippen LogP contribution in [0.15, 0.2) is 0 Å². The maximum absolute atomic E-state index is 9.85. The highest BCUT2D eigenvalue weighted by molar-refractivity contribution is 5.35. The summed E-state index contributed by atoms with van der Waals surface area (Å²) in [7, 11) is 0. The van der Waals surface area contributed by atoms with E-state index in [1.54, 1.807) is 0 Å². The minimum Gasteiger partial charge on any atom is -0.360 e. The molecule has 5 rings (SSSR count). The summed E-state index contributed by atoms with van der Waals surface area (Å²) < 4.78 is 16.6. The number of hydrogen-bond donors (Lipinski definition) is 1. The molecule has 4 saturated carbocycles. The molecule has 5 aliphatic rings. The van der Waals surface area contributed by atoms with Gasteiger partial charge < -0.3 is 4.74 Å². The number of carbonyl (C=O) groups is 1. The fraction of sp³-hybridized carbons (Fsp3) is 0.970. The maximum Gasteiger partial charge on any atom is 0.337 e.